The highest BCUT2D eigenvalue weighted by Crippen LogP contribution is 2.22. The van der Waals surface area contributed by atoms with Crippen LogP contribution in [0.2, 0.25) is 5.02 Å². The maximum absolute atomic E-state index is 11.9. The van der Waals surface area contributed by atoms with Crippen molar-refractivity contribution in [2.24, 2.45) is 5.73 Å². The van der Waals surface area contributed by atoms with Crippen molar-refractivity contribution in [2.45, 2.75) is 24.3 Å². The molecule has 0 unspecified atom stereocenters. The van der Waals surface area contributed by atoms with E-state index < -0.39 is 5.54 Å². The highest BCUT2D eigenvalue weighted by Gasteiger charge is 2.15. The van der Waals surface area contributed by atoms with E-state index in [0.29, 0.717) is 17.1 Å². The van der Waals surface area contributed by atoms with Gasteiger partial charge in [0.1, 0.15) is 0 Å². The first-order valence-electron chi connectivity index (χ1n) is 5.24. The molecule has 1 amide bonds. The van der Waals surface area contributed by atoms with E-state index in [1.807, 2.05) is 26.2 Å². The van der Waals surface area contributed by atoms with Crippen molar-refractivity contribution in [1.29, 1.82) is 0 Å². The van der Waals surface area contributed by atoms with E-state index in [1.165, 1.54) is 0 Å². The molecule has 3 N–H and O–H groups in total. The van der Waals surface area contributed by atoms with E-state index in [4.69, 9.17) is 17.3 Å². The number of carbonyl (C=O) groups is 1. The molecule has 94 valence electrons. The van der Waals surface area contributed by atoms with Gasteiger partial charge in [0, 0.05) is 17.0 Å². The van der Waals surface area contributed by atoms with Crippen LogP contribution in [-0.2, 0) is 0 Å². The second kappa shape index (κ2) is 5.76. The Morgan fingerprint density at radius 3 is 2.71 bits per heavy atom. The highest BCUT2D eigenvalue weighted by atomic mass is 35.5. The molecule has 0 saturated heterocycles. The lowest BCUT2D eigenvalue weighted by atomic mass is 10.1. The molecular weight excluding hydrogens is 256 g/mol. The molecule has 3 nitrogen and oxygen atoms in total. The molecule has 0 heterocycles. The summed E-state index contributed by atoms with van der Waals surface area (Å²) in [5, 5.41) is 3.23. The Morgan fingerprint density at radius 1 is 1.53 bits per heavy atom. The van der Waals surface area contributed by atoms with Gasteiger partial charge in [0.2, 0.25) is 0 Å². The zero-order valence-electron chi connectivity index (χ0n) is 10.2. The fourth-order valence-electron chi connectivity index (χ4n) is 1.21. The van der Waals surface area contributed by atoms with Crippen LogP contribution in [0.5, 0.6) is 0 Å². The summed E-state index contributed by atoms with van der Waals surface area (Å²) in [6.07, 6.45) is 1.95. The van der Waals surface area contributed by atoms with Gasteiger partial charge in [-0.1, -0.05) is 11.6 Å². The van der Waals surface area contributed by atoms with Gasteiger partial charge in [-0.15, -0.1) is 11.8 Å². The number of hydrogen-bond acceptors (Lipinski definition) is 3. The largest absolute Gasteiger partial charge is 0.350 e. The minimum atomic E-state index is -0.431. The van der Waals surface area contributed by atoms with Crippen LogP contribution in [0.1, 0.15) is 24.2 Å². The molecule has 0 aliphatic carbocycles. The van der Waals surface area contributed by atoms with Gasteiger partial charge in [-0.25, -0.2) is 0 Å². The zero-order valence-corrected chi connectivity index (χ0v) is 11.8. The van der Waals surface area contributed by atoms with Gasteiger partial charge in [-0.3, -0.25) is 4.79 Å². The molecule has 0 aliphatic heterocycles. The standard InChI is InChI=1S/C12H17ClN2OS/c1-12(2,14)7-15-11(16)9-6-8(17-3)4-5-10(9)13/h4-6H,7,14H2,1-3H3,(H,15,16). The molecule has 5 heteroatoms. The summed E-state index contributed by atoms with van der Waals surface area (Å²) >= 11 is 7.57. The number of nitrogens with two attached hydrogens (primary N) is 1. The zero-order chi connectivity index (χ0) is 13.1. The van der Waals surface area contributed by atoms with Gasteiger partial charge in [-0.2, -0.15) is 0 Å². The Morgan fingerprint density at radius 2 is 2.18 bits per heavy atom. The van der Waals surface area contributed by atoms with Crippen LogP contribution in [0, 0.1) is 0 Å². The predicted molar refractivity (Wildman–Crippen MR) is 73.8 cm³/mol. The second-order valence-corrected chi connectivity index (χ2v) is 5.80. The Labute approximate surface area is 111 Å². The first-order chi connectivity index (χ1) is 7.83. The van der Waals surface area contributed by atoms with Gasteiger partial charge in [-0.05, 0) is 38.3 Å². The molecule has 0 atom stereocenters. The van der Waals surface area contributed by atoms with E-state index >= 15 is 0 Å². The molecule has 0 saturated carbocycles. The Kier molecular flexibility index (Phi) is 4.86. The third kappa shape index (κ3) is 4.58. The monoisotopic (exact) mass is 272 g/mol. The molecule has 0 spiro atoms. The van der Waals surface area contributed by atoms with Gasteiger partial charge < -0.3 is 11.1 Å². The maximum Gasteiger partial charge on any atom is 0.252 e. The molecule has 1 rings (SSSR count). The molecule has 0 aliphatic rings. The number of rotatable bonds is 4. The number of carbonyl (C=O) groups excluding carboxylic acids is 1. The molecule has 17 heavy (non-hydrogen) atoms. The SMILES string of the molecule is CSc1ccc(Cl)c(C(=O)NCC(C)(C)N)c1. The van der Waals surface area contributed by atoms with Crippen molar-refractivity contribution in [3.8, 4) is 0 Å². The summed E-state index contributed by atoms with van der Waals surface area (Å²) in [5.74, 6) is -0.190. The van der Waals surface area contributed by atoms with E-state index in [-0.39, 0.29) is 5.91 Å². The topological polar surface area (TPSA) is 55.1 Å². The van der Waals surface area contributed by atoms with E-state index in [9.17, 15) is 4.79 Å². The average molecular weight is 273 g/mol. The van der Waals surface area contributed by atoms with Gasteiger partial charge >= 0.3 is 0 Å². The number of thioether (sulfide) groups is 1. The number of hydrogen-bond donors (Lipinski definition) is 2. The first kappa shape index (κ1) is 14.4. The van der Waals surface area contributed by atoms with E-state index in [2.05, 4.69) is 5.32 Å². The van der Waals surface area contributed by atoms with Crippen molar-refractivity contribution in [2.75, 3.05) is 12.8 Å². The summed E-state index contributed by atoms with van der Waals surface area (Å²) < 4.78 is 0. The van der Waals surface area contributed by atoms with Crippen LogP contribution in [0.3, 0.4) is 0 Å². The summed E-state index contributed by atoms with van der Waals surface area (Å²) in [6, 6.07) is 5.40. The minimum Gasteiger partial charge on any atom is -0.350 e. The molecule has 1 aromatic carbocycles. The number of nitrogens with one attached hydrogen (secondary N) is 1. The lowest BCUT2D eigenvalue weighted by Gasteiger charge is -2.19. The summed E-state index contributed by atoms with van der Waals surface area (Å²) in [4.78, 5) is 12.9. The smallest absolute Gasteiger partial charge is 0.252 e. The molecule has 0 bridgehead atoms. The molecule has 0 aromatic heterocycles. The number of halogens is 1. The average Bonchev–Trinajstić information content (AvgIpc) is 2.25. The fourth-order valence-corrected chi connectivity index (χ4v) is 1.85. The summed E-state index contributed by atoms with van der Waals surface area (Å²) in [7, 11) is 0. The summed E-state index contributed by atoms with van der Waals surface area (Å²) in [5.41, 5.74) is 5.86. The summed E-state index contributed by atoms with van der Waals surface area (Å²) in [6.45, 7) is 4.12. The van der Waals surface area contributed by atoms with E-state index in [1.54, 1.807) is 23.9 Å². The third-order valence-corrected chi connectivity index (χ3v) is 3.18. The Hall–Kier alpha value is -0.710. The first-order valence-corrected chi connectivity index (χ1v) is 6.84. The van der Waals surface area contributed by atoms with Gasteiger partial charge in [0.25, 0.3) is 5.91 Å². The van der Waals surface area contributed by atoms with Crippen LogP contribution < -0.4 is 11.1 Å². The lowest BCUT2D eigenvalue weighted by Crippen LogP contribution is -2.45. The normalized spacial score (nSPS) is 11.4. The van der Waals surface area contributed by atoms with Crippen molar-refractivity contribution >= 4 is 29.3 Å². The van der Waals surface area contributed by atoms with Crippen LogP contribution in [-0.4, -0.2) is 24.2 Å². The number of amides is 1. The van der Waals surface area contributed by atoms with Crippen LogP contribution in [0.15, 0.2) is 23.1 Å². The third-order valence-electron chi connectivity index (χ3n) is 2.12. The Balaban J connectivity index is 2.81. The molecule has 0 radical (unpaired) electrons. The fraction of sp³-hybridized carbons (Fsp3) is 0.417. The van der Waals surface area contributed by atoms with E-state index in [0.717, 1.165) is 4.90 Å². The van der Waals surface area contributed by atoms with Crippen LogP contribution >= 0.6 is 23.4 Å². The minimum absolute atomic E-state index is 0.190. The number of benzene rings is 1. The predicted octanol–water partition coefficient (Wildman–Crippen LogP) is 2.53. The van der Waals surface area contributed by atoms with Crippen LogP contribution in [0.4, 0.5) is 0 Å². The quantitative estimate of drug-likeness (QED) is 0.828. The second-order valence-electron chi connectivity index (χ2n) is 4.52. The Bertz CT molecular complexity index is 415. The van der Waals surface area contributed by atoms with Gasteiger partial charge in [0.15, 0.2) is 0 Å². The van der Waals surface area contributed by atoms with Crippen molar-refractivity contribution in [3.63, 3.8) is 0 Å². The van der Waals surface area contributed by atoms with Crippen molar-refractivity contribution < 1.29 is 4.79 Å². The molecule has 0 fully saturated rings. The van der Waals surface area contributed by atoms with Crippen molar-refractivity contribution in [1.82, 2.24) is 5.32 Å². The highest BCUT2D eigenvalue weighted by molar-refractivity contribution is 7.98. The van der Waals surface area contributed by atoms with Gasteiger partial charge in [0.05, 0.1) is 10.6 Å². The maximum atomic E-state index is 11.9. The van der Waals surface area contributed by atoms with Crippen LogP contribution in [0.25, 0.3) is 0 Å². The lowest BCUT2D eigenvalue weighted by molar-refractivity contribution is 0.0946. The van der Waals surface area contributed by atoms with Crippen molar-refractivity contribution in [3.05, 3.63) is 28.8 Å². The molecular formula is C12H17ClN2OS. The molecule has 1 aromatic rings.